The van der Waals surface area contributed by atoms with Gasteiger partial charge in [0.1, 0.15) is 0 Å². The minimum absolute atomic E-state index is 0.812. The van der Waals surface area contributed by atoms with Crippen LogP contribution >= 0.6 is 0 Å². The Hall–Kier alpha value is -1.09. The maximum absolute atomic E-state index is 5.81. The van der Waals surface area contributed by atoms with Gasteiger partial charge in [-0.3, -0.25) is 9.88 Å². The summed E-state index contributed by atoms with van der Waals surface area (Å²) >= 11 is 0. The van der Waals surface area contributed by atoms with Gasteiger partial charge in [0.05, 0.1) is 5.69 Å². The van der Waals surface area contributed by atoms with E-state index < -0.39 is 0 Å². The number of nitrogen functional groups attached to an aromatic ring is 1. The first-order valence-electron chi connectivity index (χ1n) is 6.77. The van der Waals surface area contributed by atoms with E-state index in [2.05, 4.69) is 9.88 Å². The standard InChI is InChI=1S/C14H21N3/c15-12-6-7-16-13(9-12)10-17-8-2-4-11-3-1-5-14(11)17/h6-7,9,11,14H,1-5,8,10H2,(H2,15,16). The summed E-state index contributed by atoms with van der Waals surface area (Å²) in [6.45, 7) is 2.21. The van der Waals surface area contributed by atoms with E-state index in [1.807, 2.05) is 18.3 Å². The van der Waals surface area contributed by atoms with E-state index in [1.165, 1.54) is 38.6 Å². The van der Waals surface area contributed by atoms with E-state index in [9.17, 15) is 0 Å². The summed E-state index contributed by atoms with van der Waals surface area (Å²) in [5.74, 6) is 0.949. The molecule has 2 aliphatic rings. The SMILES string of the molecule is Nc1ccnc(CN2CCCC3CCCC32)c1. The second kappa shape index (κ2) is 4.65. The molecular weight excluding hydrogens is 210 g/mol. The molecule has 0 aromatic carbocycles. The van der Waals surface area contributed by atoms with E-state index >= 15 is 0 Å². The number of piperidine rings is 1. The average Bonchev–Trinajstić information content (AvgIpc) is 2.78. The van der Waals surface area contributed by atoms with Gasteiger partial charge in [-0.2, -0.15) is 0 Å². The van der Waals surface area contributed by atoms with Crippen LogP contribution in [0.1, 0.15) is 37.8 Å². The Labute approximate surface area is 103 Å². The van der Waals surface area contributed by atoms with E-state index in [4.69, 9.17) is 5.73 Å². The highest BCUT2D eigenvalue weighted by atomic mass is 15.2. The highest BCUT2D eigenvalue weighted by molar-refractivity contribution is 5.37. The van der Waals surface area contributed by atoms with Crippen LogP contribution in [-0.2, 0) is 6.54 Å². The van der Waals surface area contributed by atoms with Crippen molar-refractivity contribution in [3.8, 4) is 0 Å². The molecule has 1 aromatic rings. The molecule has 2 unspecified atom stereocenters. The first kappa shape index (κ1) is 11.0. The second-order valence-electron chi connectivity index (χ2n) is 5.45. The Morgan fingerprint density at radius 3 is 3.06 bits per heavy atom. The van der Waals surface area contributed by atoms with Crippen molar-refractivity contribution in [2.45, 2.75) is 44.7 Å². The quantitative estimate of drug-likeness (QED) is 0.850. The van der Waals surface area contributed by atoms with Gasteiger partial charge in [-0.15, -0.1) is 0 Å². The number of pyridine rings is 1. The number of hydrogen-bond acceptors (Lipinski definition) is 3. The summed E-state index contributed by atoms with van der Waals surface area (Å²) in [5, 5.41) is 0. The molecule has 3 nitrogen and oxygen atoms in total. The number of hydrogen-bond donors (Lipinski definition) is 1. The number of rotatable bonds is 2. The maximum atomic E-state index is 5.81. The number of nitrogens with zero attached hydrogens (tertiary/aromatic N) is 2. The lowest BCUT2D eigenvalue weighted by atomic mass is 9.92. The predicted molar refractivity (Wildman–Crippen MR) is 69.4 cm³/mol. The monoisotopic (exact) mass is 231 g/mol. The van der Waals surface area contributed by atoms with Crippen molar-refractivity contribution >= 4 is 5.69 Å². The molecule has 2 heterocycles. The van der Waals surface area contributed by atoms with Crippen LogP contribution in [0.2, 0.25) is 0 Å². The molecule has 0 bridgehead atoms. The van der Waals surface area contributed by atoms with Gasteiger partial charge >= 0.3 is 0 Å². The van der Waals surface area contributed by atoms with Gasteiger partial charge in [-0.1, -0.05) is 6.42 Å². The molecule has 0 spiro atoms. The summed E-state index contributed by atoms with van der Waals surface area (Å²) in [7, 11) is 0. The van der Waals surface area contributed by atoms with Gasteiger partial charge in [0.2, 0.25) is 0 Å². The molecular formula is C14H21N3. The van der Waals surface area contributed by atoms with Gasteiger partial charge in [0.25, 0.3) is 0 Å². The molecule has 1 saturated carbocycles. The van der Waals surface area contributed by atoms with Crippen molar-refractivity contribution < 1.29 is 0 Å². The Balaban J connectivity index is 1.71. The van der Waals surface area contributed by atoms with Crippen LogP contribution in [0, 0.1) is 5.92 Å². The first-order valence-corrected chi connectivity index (χ1v) is 6.77. The molecule has 3 heteroatoms. The Morgan fingerprint density at radius 2 is 2.18 bits per heavy atom. The van der Waals surface area contributed by atoms with Crippen molar-refractivity contribution in [2.24, 2.45) is 5.92 Å². The Kier molecular flexibility index (Phi) is 3.02. The van der Waals surface area contributed by atoms with E-state index in [1.54, 1.807) is 0 Å². The van der Waals surface area contributed by atoms with Gasteiger partial charge < -0.3 is 5.73 Å². The van der Waals surface area contributed by atoms with Crippen LogP contribution in [-0.4, -0.2) is 22.5 Å². The van der Waals surface area contributed by atoms with Gasteiger partial charge in [-0.05, 0) is 50.3 Å². The van der Waals surface area contributed by atoms with Crippen LogP contribution in [0.25, 0.3) is 0 Å². The third-order valence-corrected chi connectivity index (χ3v) is 4.31. The normalized spacial score (nSPS) is 29.2. The fourth-order valence-electron chi connectivity index (χ4n) is 3.54. The van der Waals surface area contributed by atoms with Gasteiger partial charge in [-0.25, -0.2) is 0 Å². The Bertz CT molecular complexity index is 391. The molecule has 1 aliphatic carbocycles. The third kappa shape index (κ3) is 2.29. The zero-order valence-electron chi connectivity index (χ0n) is 10.3. The molecule has 2 N–H and O–H groups in total. The summed E-state index contributed by atoms with van der Waals surface area (Å²) < 4.78 is 0. The Morgan fingerprint density at radius 1 is 1.29 bits per heavy atom. The minimum Gasteiger partial charge on any atom is -0.399 e. The topological polar surface area (TPSA) is 42.1 Å². The van der Waals surface area contributed by atoms with Crippen LogP contribution in [0.5, 0.6) is 0 Å². The molecule has 2 atom stereocenters. The number of anilines is 1. The van der Waals surface area contributed by atoms with Crippen molar-refractivity contribution in [3.05, 3.63) is 24.0 Å². The molecule has 1 saturated heterocycles. The largest absolute Gasteiger partial charge is 0.399 e. The lowest BCUT2D eigenvalue weighted by Gasteiger charge is -2.37. The van der Waals surface area contributed by atoms with E-state index in [-0.39, 0.29) is 0 Å². The van der Waals surface area contributed by atoms with Crippen molar-refractivity contribution in [2.75, 3.05) is 12.3 Å². The number of fused-ring (bicyclic) bond motifs is 1. The number of aromatic nitrogens is 1. The first-order chi connectivity index (χ1) is 8.33. The molecule has 1 aliphatic heterocycles. The maximum Gasteiger partial charge on any atom is 0.0564 e. The average molecular weight is 231 g/mol. The number of nitrogens with two attached hydrogens (primary N) is 1. The fourth-order valence-corrected chi connectivity index (χ4v) is 3.54. The predicted octanol–water partition coefficient (Wildman–Crippen LogP) is 2.43. The molecule has 0 radical (unpaired) electrons. The molecule has 17 heavy (non-hydrogen) atoms. The van der Waals surface area contributed by atoms with Crippen molar-refractivity contribution in [1.82, 2.24) is 9.88 Å². The molecule has 3 rings (SSSR count). The highest BCUT2D eigenvalue weighted by Crippen LogP contribution is 2.37. The summed E-state index contributed by atoms with van der Waals surface area (Å²) in [6, 6.07) is 4.68. The second-order valence-corrected chi connectivity index (χ2v) is 5.45. The molecule has 92 valence electrons. The highest BCUT2D eigenvalue weighted by Gasteiger charge is 2.34. The third-order valence-electron chi connectivity index (χ3n) is 4.31. The zero-order chi connectivity index (χ0) is 11.7. The zero-order valence-corrected chi connectivity index (χ0v) is 10.3. The molecule has 1 aromatic heterocycles. The van der Waals surface area contributed by atoms with Crippen LogP contribution in [0.15, 0.2) is 18.3 Å². The summed E-state index contributed by atoms with van der Waals surface area (Å²) in [6.07, 6.45) is 8.84. The van der Waals surface area contributed by atoms with E-state index in [0.717, 1.165) is 29.9 Å². The van der Waals surface area contributed by atoms with Crippen LogP contribution in [0.4, 0.5) is 5.69 Å². The molecule has 2 fully saturated rings. The van der Waals surface area contributed by atoms with Crippen molar-refractivity contribution in [1.29, 1.82) is 0 Å². The van der Waals surface area contributed by atoms with Gasteiger partial charge in [0, 0.05) is 24.5 Å². The van der Waals surface area contributed by atoms with Crippen LogP contribution < -0.4 is 5.73 Å². The lowest BCUT2D eigenvalue weighted by molar-refractivity contribution is 0.104. The van der Waals surface area contributed by atoms with E-state index in [0.29, 0.717) is 0 Å². The van der Waals surface area contributed by atoms with Crippen molar-refractivity contribution in [3.63, 3.8) is 0 Å². The minimum atomic E-state index is 0.812. The fraction of sp³-hybridized carbons (Fsp3) is 0.643. The molecule has 0 amide bonds. The summed E-state index contributed by atoms with van der Waals surface area (Å²) in [4.78, 5) is 7.05. The smallest absolute Gasteiger partial charge is 0.0564 e. The van der Waals surface area contributed by atoms with Crippen LogP contribution in [0.3, 0.4) is 0 Å². The van der Waals surface area contributed by atoms with Gasteiger partial charge in [0.15, 0.2) is 0 Å². The lowest BCUT2D eigenvalue weighted by Crippen LogP contribution is -2.42. The number of likely N-dealkylation sites (tertiary alicyclic amines) is 1. The summed E-state index contributed by atoms with van der Waals surface area (Å²) in [5.41, 5.74) is 7.76.